The third-order valence-corrected chi connectivity index (χ3v) is 3.97. The van der Waals surface area contributed by atoms with Gasteiger partial charge in [0.15, 0.2) is 0 Å². The molecule has 1 N–H and O–H groups in total. The van der Waals surface area contributed by atoms with Gasteiger partial charge in [-0.05, 0) is 48.3 Å². The van der Waals surface area contributed by atoms with Gasteiger partial charge in [-0.1, -0.05) is 25.1 Å². The third-order valence-electron chi connectivity index (χ3n) is 3.97. The highest BCUT2D eigenvalue weighted by molar-refractivity contribution is 5.33. The molecule has 0 saturated carbocycles. The molecule has 0 unspecified atom stereocenters. The van der Waals surface area contributed by atoms with Crippen LogP contribution in [0.1, 0.15) is 29.4 Å². The molecule has 106 valence electrons. The van der Waals surface area contributed by atoms with Gasteiger partial charge in [0.05, 0.1) is 12.8 Å². The van der Waals surface area contributed by atoms with Gasteiger partial charge in [0.25, 0.3) is 0 Å². The van der Waals surface area contributed by atoms with E-state index in [1.54, 1.807) is 6.26 Å². The molecule has 0 bridgehead atoms. The van der Waals surface area contributed by atoms with Gasteiger partial charge in [-0.2, -0.15) is 0 Å². The van der Waals surface area contributed by atoms with Gasteiger partial charge in [-0.25, -0.2) is 0 Å². The van der Waals surface area contributed by atoms with Crippen LogP contribution in [0.3, 0.4) is 0 Å². The second-order valence-electron chi connectivity index (χ2n) is 5.41. The van der Waals surface area contributed by atoms with Crippen LogP contribution in [0.25, 0.3) is 0 Å². The molecule has 0 spiro atoms. The van der Waals surface area contributed by atoms with E-state index in [4.69, 9.17) is 4.42 Å². The Labute approximate surface area is 120 Å². The van der Waals surface area contributed by atoms with Crippen molar-refractivity contribution in [1.29, 1.82) is 0 Å². The normalized spacial score (nSPS) is 14.5. The van der Waals surface area contributed by atoms with Crippen molar-refractivity contribution in [1.82, 2.24) is 10.2 Å². The Bertz CT molecular complexity index is 548. The number of fused-ring (bicyclic) bond motifs is 1. The average molecular weight is 270 g/mol. The van der Waals surface area contributed by atoms with E-state index in [9.17, 15) is 0 Å². The van der Waals surface area contributed by atoms with E-state index >= 15 is 0 Å². The van der Waals surface area contributed by atoms with Gasteiger partial charge in [0, 0.05) is 13.1 Å². The first-order valence-electron chi connectivity index (χ1n) is 7.41. The summed E-state index contributed by atoms with van der Waals surface area (Å²) < 4.78 is 5.44. The maximum Gasteiger partial charge on any atom is 0.117 e. The number of hydrogen-bond donors (Lipinski definition) is 1. The van der Waals surface area contributed by atoms with Crippen molar-refractivity contribution in [3.8, 4) is 0 Å². The molecule has 3 nitrogen and oxygen atoms in total. The highest BCUT2D eigenvalue weighted by Gasteiger charge is 2.11. The zero-order chi connectivity index (χ0) is 13.8. The van der Waals surface area contributed by atoms with Crippen molar-refractivity contribution in [2.75, 3.05) is 13.1 Å². The first kappa shape index (κ1) is 13.4. The van der Waals surface area contributed by atoms with Crippen molar-refractivity contribution < 1.29 is 4.42 Å². The average Bonchev–Trinajstić information content (AvgIpc) is 2.99. The maximum atomic E-state index is 5.44. The van der Waals surface area contributed by atoms with Crippen LogP contribution >= 0.6 is 0 Å². The van der Waals surface area contributed by atoms with Crippen molar-refractivity contribution >= 4 is 0 Å². The van der Waals surface area contributed by atoms with Crippen LogP contribution in [0.15, 0.2) is 41.0 Å². The summed E-state index contributed by atoms with van der Waals surface area (Å²) in [5, 5.41) is 3.44. The molecule has 0 saturated heterocycles. The Hall–Kier alpha value is -1.58. The highest BCUT2D eigenvalue weighted by Crippen LogP contribution is 2.18. The molecule has 0 radical (unpaired) electrons. The van der Waals surface area contributed by atoms with Gasteiger partial charge in [-0.15, -0.1) is 0 Å². The Kier molecular flexibility index (Phi) is 4.19. The van der Waals surface area contributed by atoms with Crippen molar-refractivity contribution in [3.05, 3.63) is 59.0 Å². The largest absolute Gasteiger partial charge is 0.468 e. The molecule has 0 amide bonds. The molecule has 1 aromatic carbocycles. The van der Waals surface area contributed by atoms with Gasteiger partial charge in [0.1, 0.15) is 5.76 Å². The van der Waals surface area contributed by atoms with E-state index in [0.29, 0.717) is 0 Å². The van der Waals surface area contributed by atoms with Crippen molar-refractivity contribution in [2.45, 2.75) is 33.0 Å². The molecule has 20 heavy (non-hydrogen) atoms. The fourth-order valence-corrected chi connectivity index (χ4v) is 2.79. The molecule has 2 aromatic rings. The minimum absolute atomic E-state index is 0.874. The summed E-state index contributed by atoms with van der Waals surface area (Å²) in [6, 6.07) is 10.9. The van der Waals surface area contributed by atoms with E-state index in [0.717, 1.165) is 44.9 Å². The minimum atomic E-state index is 0.874. The fourth-order valence-electron chi connectivity index (χ4n) is 2.79. The molecule has 0 aliphatic carbocycles. The first-order valence-corrected chi connectivity index (χ1v) is 7.41. The molecule has 0 atom stereocenters. The lowest BCUT2D eigenvalue weighted by Crippen LogP contribution is -2.25. The van der Waals surface area contributed by atoms with Crippen LogP contribution in [0.4, 0.5) is 0 Å². The smallest absolute Gasteiger partial charge is 0.117 e. The van der Waals surface area contributed by atoms with Crippen molar-refractivity contribution in [3.63, 3.8) is 0 Å². The summed E-state index contributed by atoms with van der Waals surface area (Å²) in [4.78, 5) is 2.40. The van der Waals surface area contributed by atoms with Gasteiger partial charge >= 0.3 is 0 Å². The van der Waals surface area contributed by atoms with E-state index < -0.39 is 0 Å². The molecular formula is C17H22N2O. The molecule has 2 heterocycles. The zero-order valence-electron chi connectivity index (χ0n) is 12.1. The molecule has 1 aromatic heterocycles. The standard InChI is InChI=1S/C17H22N2O/c1-2-19(13-17-4-3-9-20-17)12-14-5-6-15-7-8-18-11-16(15)10-14/h3-6,9-10,18H,2,7-8,11-13H2,1H3. The number of benzene rings is 1. The second kappa shape index (κ2) is 6.25. The van der Waals surface area contributed by atoms with Gasteiger partial charge in [0.2, 0.25) is 0 Å². The second-order valence-corrected chi connectivity index (χ2v) is 5.41. The number of rotatable bonds is 5. The lowest BCUT2D eigenvalue weighted by molar-refractivity contribution is 0.247. The van der Waals surface area contributed by atoms with E-state index in [1.807, 2.05) is 12.1 Å². The number of nitrogens with one attached hydrogen (secondary N) is 1. The van der Waals surface area contributed by atoms with E-state index in [2.05, 4.69) is 35.3 Å². The summed E-state index contributed by atoms with van der Waals surface area (Å²) in [6.45, 7) is 7.18. The van der Waals surface area contributed by atoms with Crippen LogP contribution in [0.5, 0.6) is 0 Å². The topological polar surface area (TPSA) is 28.4 Å². The summed E-state index contributed by atoms with van der Waals surface area (Å²) >= 11 is 0. The molecule has 3 heteroatoms. The van der Waals surface area contributed by atoms with Crippen LogP contribution in [-0.4, -0.2) is 18.0 Å². The van der Waals surface area contributed by atoms with Crippen LogP contribution < -0.4 is 5.32 Å². The SMILES string of the molecule is CCN(Cc1ccc2c(c1)CNCC2)Cc1ccco1. The Morgan fingerprint density at radius 1 is 1.20 bits per heavy atom. The van der Waals surface area contributed by atoms with E-state index in [-0.39, 0.29) is 0 Å². The molecule has 1 aliphatic heterocycles. The number of furan rings is 1. The third kappa shape index (κ3) is 3.11. The molecule has 0 fully saturated rings. The lowest BCUT2D eigenvalue weighted by atomic mass is 9.98. The predicted octanol–water partition coefficient (Wildman–Crippen LogP) is 2.95. The van der Waals surface area contributed by atoms with Crippen LogP contribution in [0.2, 0.25) is 0 Å². The summed E-state index contributed by atoms with van der Waals surface area (Å²) in [5.41, 5.74) is 4.35. The number of nitrogens with zero attached hydrogens (tertiary/aromatic N) is 1. The lowest BCUT2D eigenvalue weighted by Gasteiger charge is -2.22. The quantitative estimate of drug-likeness (QED) is 0.905. The Morgan fingerprint density at radius 3 is 2.95 bits per heavy atom. The summed E-state index contributed by atoms with van der Waals surface area (Å²) in [5.74, 6) is 1.03. The zero-order valence-corrected chi connectivity index (χ0v) is 12.1. The minimum Gasteiger partial charge on any atom is -0.468 e. The number of hydrogen-bond acceptors (Lipinski definition) is 3. The molecule has 3 rings (SSSR count). The summed E-state index contributed by atoms with van der Waals surface area (Å²) in [6.07, 6.45) is 2.90. The maximum absolute atomic E-state index is 5.44. The molecule has 1 aliphatic rings. The Morgan fingerprint density at radius 2 is 2.15 bits per heavy atom. The van der Waals surface area contributed by atoms with Crippen LogP contribution in [-0.2, 0) is 26.1 Å². The predicted molar refractivity (Wildman–Crippen MR) is 80.3 cm³/mol. The van der Waals surface area contributed by atoms with Crippen molar-refractivity contribution in [2.24, 2.45) is 0 Å². The van der Waals surface area contributed by atoms with Gasteiger partial charge in [-0.3, -0.25) is 4.90 Å². The van der Waals surface area contributed by atoms with Crippen LogP contribution in [0, 0.1) is 0 Å². The Balaban J connectivity index is 1.69. The van der Waals surface area contributed by atoms with E-state index in [1.165, 1.54) is 16.7 Å². The van der Waals surface area contributed by atoms with Gasteiger partial charge < -0.3 is 9.73 Å². The molecular weight excluding hydrogens is 248 g/mol. The first-order chi connectivity index (χ1) is 9.85. The highest BCUT2D eigenvalue weighted by atomic mass is 16.3. The summed E-state index contributed by atoms with van der Waals surface area (Å²) in [7, 11) is 0. The monoisotopic (exact) mass is 270 g/mol. The fraction of sp³-hybridized carbons (Fsp3) is 0.412.